The van der Waals surface area contributed by atoms with Gasteiger partial charge in [0.25, 0.3) is 6.43 Å². The van der Waals surface area contributed by atoms with Gasteiger partial charge in [-0.2, -0.15) is 5.10 Å². The summed E-state index contributed by atoms with van der Waals surface area (Å²) in [7, 11) is 0. The van der Waals surface area contributed by atoms with Crippen LogP contribution in [0.2, 0.25) is 5.02 Å². The van der Waals surface area contributed by atoms with E-state index < -0.39 is 13.0 Å². The largest absolute Gasteiger partial charge is 0.395 e. The second-order valence-corrected chi connectivity index (χ2v) is 6.58. The molecule has 4 aromatic heterocycles. The van der Waals surface area contributed by atoms with Gasteiger partial charge in [-0.25, -0.2) is 23.7 Å². The standard InChI is InChI=1S/C18H16ClF2N7O/c19-13-7-25-17-11(13)5-10(6-24-17)16-12(8-28(27-16)9-15(20)21)14-1-2-22-18(26-14)23-3-4-29/h1-2,5-8,15,29H,3-4,9H2,(H,24,25)(H,22,23,26). The van der Waals surface area contributed by atoms with E-state index in [0.717, 1.165) is 0 Å². The van der Waals surface area contributed by atoms with Gasteiger partial charge in [-0.1, -0.05) is 11.6 Å². The molecule has 0 aliphatic carbocycles. The molecule has 0 atom stereocenters. The molecular formula is C18H16ClF2N7O. The maximum Gasteiger partial charge on any atom is 0.257 e. The number of aromatic nitrogens is 6. The number of hydrogen-bond acceptors (Lipinski definition) is 6. The summed E-state index contributed by atoms with van der Waals surface area (Å²) in [5.41, 5.74) is 2.73. The lowest BCUT2D eigenvalue weighted by Crippen LogP contribution is -2.08. The van der Waals surface area contributed by atoms with Crippen molar-refractivity contribution in [1.82, 2.24) is 29.7 Å². The van der Waals surface area contributed by atoms with Crippen LogP contribution in [0.5, 0.6) is 0 Å². The van der Waals surface area contributed by atoms with Gasteiger partial charge >= 0.3 is 0 Å². The number of fused-ring (bicyclic) bond motifs is 1. The van der Waals surface area contributed by atoms with Crippen molar-refractivity contribution >= 4 is 28.6 Å². The van der Waals surface area contributed by atoms with Gasteiger partial charge in [0.05, 0.1) is 17.3 Å². The average Bonchev–Trinajstić information content (AvgIpc) is 3.29. The molecule has 0 saturated heterocycles. The quantitative estimate of drug-likeness (QED) is 0.425. The van der Waals surface area contributed by atoms with Crippen LogP contribution in [0.1, 0.15) is 0 Å². The van der Waals surface area contributed by atoms with Crippen molar-refractivity contribution in [2.75, 3.05) is 18.5 Å². The molecule has 11 heteroatoms. The van der Waals surface area contributed by atoms with Crippen LogP contribution < -0.4 is 5.32 Å². The molecule has 0 amide bonds. The number of hydrogen-bond donors (Lipinski definition) is 3. The third-order valence-electron chi connectivity index (χ3n) is 4.17. The molecule has 8 nitrogen and oxygen atoms in total. The summed E-state index contributed by atoms with van der Waals surface area (Å²) in [6.45, 7) is -0.337. The van der Waals surface area contributed by atoms with Crippen LogP contribution in [0.25, 0.3) is 33.5 Å². The van der Waals surface area contributed by atoms with E-state index in [2.05, 4.69) is 30.4 Å². The summed E-state index contributed by atoms with van der Waals surface area (Å²) < 4.78 is 27.1. The Morgan fingerprint density at radius 3 is 2.97 bits per heavy atom. The first-order valence-electron chi connectivity index (χ1n) is 8.72. The Hall–Kier alpha value is -3.11. The third kappa shape index (κ3) is 4.03. The van der Waals surface area contributed by atoms with Gasteiger partial charge in [-0.05, 0) is 12.1 Å². The highest BCUT2D eigenvalue weighted by molar-refractivity contribution is 6.35. The van der Waals surface area contributed by atoms with Gasteiger partial charge in [0.1, 0.15) is 17.9 Å². The lowest BCUT2D eigenvalue weighted by molar-refractivity contribution is 0.122. The van der Waals surface area contributed by atoms with Crippen molar-refractivity contribution in [1.29, 1.82) is 0 Å². The summed E-state index contributed by atoms with van der Waals surface area (Å²) >= 11 is 6.19. The van der Waals surface area contributed by atoms with Crippen molar-refractivity contribution in [2.24, 2.45) is 0 Å². The van der Waals surface area contributed by atoms with E-state index in [0.29, 0.717) is 44.5 Å². The average molecular weight is 420 g/mol. The second-order valence-electron chi connectivity index (χ2n) is 6.18. The van der Waals surface area contributed by atoms with Crippen LogP contribution >= 0.6 is 11.6 Å². The Labute approximate surface area is 168 Å². The minimum Gasteiger partial charge on any atom is -0.395 e. The Kier molecular flexibility index (Phi) is 5.36. The summed E-state index contributed by atoms with van der Waals surface area (Å²) in [5, 5.41) is 17.4. The van der Waals surface area contributed by atoms with Crippen molar-refractivity contribution in [3.05, 3.63) is 41.9 Å². The lowest BCUT2D eigenvalue weighted by Gasteiger charge is -2.06. The first-order chi connectivity index (χ1) is 14.0. The highest BCUT2D eigenvalue weighted by atomic mass is 35.5. The molecule has 4 aromatic rings. The van der Waals surface area contributed by atoms with Gasteiger partial charge in [-0.15, -0.1) is 0 Å². The number of nitrogens with one attached hydrogen (secondary N) is 2. The van der Waals surface area contributed by atoms with Crippen molar-refractivity contribution < 1.29 is 13.9 Å². The van der Waals surface area contributed by atoms with Crippen LogP contribution in [-0.4, -0.2) is 54.4 Å². The van der Waals surface area contributed by atoms with Gasteiger partial charge < -0.3 is 15.4 Å². The molecule has 0 spiro atoms. The topological polar surface area (TPSA) is 105 Å². The molecule has 0 aliphatic rings. The molecule has 0 fully saturated rings. The predicted octanol–water partition coefficient (Wildman–Crippen LogP) is 3.21. The molecule has 0 saturated carbocycles. The van der Waals surface area contributed by atoms with E-state index in [1.807, 2.05) is 0 Å². The zero-order chi connectivity index (χ0) is 20.4. The number of pyridine rings is 1. The number of rotatable bonds is 7. The Balaban J connectivity index is 1.82. The molecule has 150 valence electrons. The first kappa shape index (κ1) is 19.2. The first-order valence-corrected chi connectivity index (χ1v) is 9.09. The maximum atomic E-state index is 12.9. The van der Waals surface area contributed by atoms with Crippen LogP contribution in [0.15, 0.2) is 36.9 Å². The molecular weight excluding hydrogens is 404 g/mol. The van der Waals surface area contributed by atoms with E-state index in [4.69, 9.17) is 16.7 Å². The number of aliphatic hydroxyl groups is 1. The fourth-order valence-electron chi connectivity index (χ4n) is 2.92. The minimum atomic E-state index is -2.55. The van der Waals surface area contributed by atoms with Crippen LogP contribution in [0.3, 0.4) is 0 Å². The number of halogens is 3. The fraction of sp³-hybridized carbons (Fsp3) is 0.222. The normalized spacial score (nSPS) is 11.5. The zero-order valence-corrected chi connectivity index (χ0v) is 15.7. The Morgan fingerprint density at radius 2 is 2.17 bits per heavy atom. The van der Waals surface area contributed by atoms with Crippen LogP contribution in [0, 0.1) is 0 Å². The molecule has 0 aromatic carbocycles. The molecule has 0 aliphatic heterocycles. The number of anilines is 1. The molecule has 4 heterocycles. The van der Waals surface area contributed by atoms with Gasteiger partial charge in [0.2, 0.25) is 5.95 Å². The summed E-state index contributed by atoms with van der Waals surface area (Å²) in [6.07, 6.45) is 3.73. The van der Waals surface area contributed by atoms with Crippen molar-refractivity contribution in [3.8, 4) is 22.5 Å². The number of nitrogens with zero attached hydrogens (tertiary/aromatic N) is 5. The number of alkyl halides is 2. The van der Waals surface area contributed by atoms with Crippen LogP contribution in [0.4, 0.5) is 14.7 Å². The highest BCUT2D eigenvalue weighted by Gasteiger charge is 2.18. The molecule has 0 radical (unpaired) electrons. The van der Waals surface area contributed by atoms with E-state index in [-0.39, 0.29) is 13.2 Å². The number of aromatic amines is 1. The summed E-state index contributed by atoms with van der Waals surface area (Å²) in [5.74, 6) is 0.311. The molecule has 29 heavy (non-hydrogen) atoms. The smallest absolute Gasteiger partial charge is 0.257 e. The van der Waals surface area contributed by atoms with E-state index in [1.165, 1.54) is 10.9 Å². The molecule has 4 rings (SSSR count). The van der Waals surface area contributed by atoms with Crippen molar-refractivity contribution in [2.45, 2.75) is 13.0 Å². The highest BCUT2D eigenvalue weighted by Crippen LogP contribution is 2.33. The van der Waals surface area contributed by atoms with E-state index >= 15 is 0 Å². The minimum absolute atomic E-state index is 0.0751. The van der Waals surface area contributed by atoms with Gasteiger partial charge in [0, 0.05) is 47.8 Å². The second kappa shape index (κ2) is 8.10. The maximum absolute atomic E-state index is 12.9. The zero-order valence-electron chi connectivity index (χ0n) is 15.0. The monoisotopic (exact) mass is 419 g/mol. The SMILES string of the molecule is OCCNc1nccc(-c2cn(CC(F)F)nc2-c2cnc3[nH]cc(Cl)c3c2)n1. The molecule has 3 N–H and O–H groups in total. The summed E-state index contributed by atoms with van der Waals surface area (Å²) in [6, 6.07) is 3.46. The van der Waals surface area contributed by atoms with Crippen molar-refractivity contribution in [3.63, 3.8) is 0 Å². The number of aliphatic hydroxyl groups excluding tert-OH is 1. The van der Waals surface area contributed by atoms with Gasteiger partial charge in [0.15, 0.2) is 0 Å². The number of H-pyrrole nitrogens is 1. The molecule has 0 unspecified atom stereocenters. The fourth-order valence-corrected chi connectivity index (χ4v) is 3.12. The molecule has 0 bridgehead atoms. The Bertz CT molecular complexity index is 1140. The van der Waals surface area contributed by atoms with E-state index in [9.17, 15) is 8.78 Å². The third-order valence-corrected chi connectivity index (χ3v) is 4.48. The van der Waals surface area contributed by atoms with E-state index in [1.54, 1.807) is 30.7 Å². The van der Waals surface area contributed by atoms with Gasteiger partial charge in [-0.3, -0.25) is 4.68 Å². The predicted molar refractivity (Wildman–Crippen MR) is 105 cm³/mol. The Morgan fingerprint density at radius 1 is 1.31 bits per heavy atom. The summed E-state index contributed by atoms with van der Waals surface area (Å²) in [4.78, 5) is 15.8. The van der Waals surface area contributed by atoms with Crippen LogP contribution in [-0.2, 0) is 6.54 Å². The lowest BCUT2D eigenvalue weighted by atomic mass is 10.1.